The SMILES string of the molecule is CCN(CC)C(=O)COc1cccc(N)c1C(=O)O. The first-order valence-electron chi connectivity index (χ1n) is 6.03. The Balaban J connectivity index is 2.81. The van der Waals surface area contributed by atoms with E-state index in [1.54, 1.807) is 11.0 Å². The number of aromatic carboxylic acids is 1. The second-order valence-corrected chi connectivity index (χ2v) is 3.88. The zero-order chi connectivity index (χ0) is 14.4. The summed E-state index contributed by atoms with van der Waals surface area (Å²) in [6.45, 7) is 4.70. The number of nitrogen functional groups attached to an aromatic ring is 1. The molecule has 0 aliphatic carbocycles. The van der Waals surface area contributed by atoms with Gasteiger partial charge in [-0.3, -0.25) is 4.79 Å². The van der Waals surface area contributed by atoms with Crippen molar-refractivity contribution >= 4 is 17.6 Å². The van der Waals surface area contributed by atoms with E-state index >= 15 is 0 Å². The van der Waals surface area contributed by atoms with Crippen molar-refractivity contribution in [3.63, 3.8) is 0 Å². The van der Waals surface area contributed by atoms with Crippen LogP contribution in [0.25, 0.3) is 0 Å². The number of likely N-dealkylation sites (N-methyl/N-ethyl adjacent to an activating group) is 1. The lowest BCUT2D eigenvalue weighted by molar-refractivity contribution is -0.132. The number of anilines is 1. The molecule has 0 aliphatic rings. The van der Waals surface area contributed by atoms with Crippen molar-refractivity contribution in [2.45, 2.75) is 13.8 Å². The largest absolute Gasteiger partial charge is 0.483 e. The smallest absolute Gasteiger partial charge is 0.341 e. The number of carbonyl (C=O) groups excluding carboxylic acids is 1. The molecule has 0 fully saturated rings. The monoisotopic (exact) mass is 266 g/mol. The average molecular weight is 266 g/mol. The van der Waals surface area contributed by atoms with Gasteiger partial charge in [0.1, 0.15) is 11.3 Å². The second-order valence-electron chi connectivity index (χ2n) is 3.88. The Hall–Kier alpha value is -2.24. The van der Waals surface area contributed by atoms with Gasteiger partial charge in [-0.25, -0.2) is 4.79 Å². The summed E-state index contributed by atoms with van der Waals surface area (Å²) in [6.07, 6.45) is 0. The molecule has 1 rings (SSSR count). The number of rotatable bonds is 6. The molecular weight excluding hydrogens is 248 g/mol. The zero-order valence-electron chi connectivity index (χ0n) is 11.0. The van der Waals surface area contributed by atoms with Crippen LogP contribution in [0, 0.1) is 0 Å². The molecule has 1 aromatic carbocycles. The maximum Gasteiger partial charge on any atom is 0.341 e. The summed E-state index contributed by atoms with van der Waals surface area (Å²) in [6, 6.07) is 4.54. The number of benzene rings is 1. The van der Waals surface area contributed by atoms with Crippen molar-refractivity contribution in [2.75, 3.05) is 25.4 Å². The van der Waals surface area contributed by atoms with Crippen LogP contribution in [0.4, 0.5) is 5.69 Å². The molecule has 0 radical (unpaired) electrons. The number of carboxylic acid groups (broad SMARTS) is 1. The normalized spacial score (nSPS) is 10.0. The predicted molar refractivity (Wildman–Crippen MR) is 71.2 cm³/mol. The first-order valence-corrected chi connectivity index (χ1v) is 6.03. The van der Waals surface area contributed by atoms with Gasteiger partial charge in [-0.15, -0.1) is 0 Å². The van der Waals surface area contributed by atoms with Gasteiger partial charge in [0.25, 0.3) is 5.91 Å². The van der Waals surface area contributed by atoms with Crippen LogP contribution in [0.5, 0.6) is 5.75 Å². The van der Waals surface area contributed by atoms with Crippen molar-refractivity contribution < 1.29 is 19.4 Å². The Kier molecular flexibility index (Phi) is 5.17. The van der Waals surface area contributed by atoms with Crippen molar-refractivity contribution in [3.8, 4) is 5.75 Å². The standard InChI is InChI=1S/C13H18N2O4/c1-3-15(4-2)11(16)8-19-10-7-5-6-9(14)12(10)13(17)18/h5-7H,3-4,8,14H2,1-2H3,(H,17,18). The molecule has 0 aromatic heterocycles. The first-order chi connectivity index (χ1) is 9.01. The molecular formula is C13H18N2O4. The van der Waals surface area contributed by atoms with Crippen LogP contribution in [-0.4, -0.2) is 41.6 Å². The van der Waals surface area contributed by atoms with Gasteiger partial charge in [0, 0.05) is 18.8 Å². The van der Waals surface area contributed by atoms with Crippen molar-refractivity contribution in [2.24, 2.45) is 0 Å². The Morgan fingerprint density at radius 2 is 1.95 bits per heavy atom. The van der Waals surface area contributed by atoms with Crippen molar-refractivity contribution in [3.05, 3.63) is 23.8 Å². The molecule has 0 bridgehead atoms. The highest BCUT2D eigenvalue weighted by Gasteiger charge is 2.17. The minimum Gasteiger partial charge on any atom is -0.483 e. The summed E-state index contributed by atoms with van der Waals surface area (Å²) in [7, 11) is 0. The van der Waals surface area contributed by atoms with E-state index in [2.05, 4.69) is 0 Å². The number of carbonyl (C=O) groups is 2. The van der Waals surface area contributed by atoms with E-state index in [0.29, 0.717) is 13.1 Å². The highest BCUT2D eigenvalue weighted by Crippen LogP contribution is 2.24. The molecule has 0 atom stereocenters. The topological polar surface area (TPSA) is 92.9 Å². The number of nitrogens with zero attached hydrogens (tertiary/aromatic N) is 1. The van der Waals surface area contributed by atoms with E-state index in [0.717, 1.165) is 0 Å². The number of hydrogen-bond donors (Lipinski definition) is 2. The molecule has 0 saturated carbocycles. The lowest BCUT2D eigenvalue weighted by Gasteiger charge is -2.19. The first kappa shape index (κ1) is 14.8. The fourth-order valence-electron chi connectivity index (χ4n) is 1.70. The van der Waals surface area contributed by atoms with Gasteiger partial charge in [-0.1, -0.05) is 6.07 Å². The zero-order valence-corrected chi connectivity index (χ0v) is 11.0. The molecule has 0 spiro atoms. The minimum atomic E-state index is -1.18. The maximum absolute atomic E-state index is 11.8. The second kappa shape index (κ2) is 6.63. The van der Waals surface area contributed by atoms with Crippen LogP contribution < -0.4 is 10.5 Å². The van der Waals surface area contributed by atoms with Crippen LogP contribution in [0.2, 0.25) is 0 Å². The lowest BCUT2D eigenvalue weighted by atomic mass is 10.1. The molecule has 104 valence electrons. The summed E-state index contributed by atoms with van der Waals surface area (Å²) >= 11 is 0. The summed E-state index contributed by atoms with van der Waals surface area (Å²) in [5, 5.41) is 9.06. The van der Waals surface area contributed by atoms with Gasteiger partial charge in [0.15, 0.2) is 6.61 Å². The van der Waals surface area contributed by atoms with Gasteiger partial charge < -0.3 is 20.5 Å². The van der Waals surface area contributed by atoms with E-state index in [4.69, 9.17) is 15.6 Å². The fraction of sp³-hybridized carbons (Fsp3) is 0.385. The van der Waals surface area contributed by atoms with Gasteiger partial charge in [0.2, 0.25) is 0 Å². The highest BCUT2D eigenvalue weighted by molar-refractivity contribution is 5.96. The van der Waals surface area contributed by atoms with Crippen LogP contribution >= 0.6 is 0 Å². The number of carboxylic acids is 1. The molecule has 0 heterocycles. The lowest BCUT2D eigenvalue weighted by Crippen LogP contribution is -2.34. The highest BCUT2D eigenvalue weighted by atomic mass is 16.5. The number of ether oxygens (including phenoxy) is 1. The van der Waals surface area contributed by atoms with E-state index in [1.165, 1.54) is 12.1 Å². The van der Waals surface area contributed by atoms with Gasteiger partial charge in [0.05, 0.1) is 0 Å². The molecule has 1 aromatic rings. The quantitative estimate of drug-likeness (QED) is 0.755. The average Bonchev–Trinajstić information content (AvgIpc) is 2.37. The van der Waals surface area contributed by atoms with E-state index in [-0.39, 0.29) is 29.5 Å². The molecule has 1 amide bonds. The molecule has 3 N–H and O–H groups in total. The number of nitrogens with two attached hydrogens (primary N) is 1. The summed E-state index contributed by atoms with van der Waals surface area (Å²) in [5.74, 6) is -1.26. The van der Waals surface area contributed by atoms with Gasteiger partial charge in [-0.05, 0) is 26.0 Å². The Morgan fingerprint density at radius 1 is 1.32 bits per heavy atom. The number of amides is 1. The molecule has 6 nitrogen and oxygen atoms in total. The maximum atomic E-state index is 11.8. The Labute approximate surface area is 111 Å². The third kappa shape index (κ3) is 3.61. The third-order valence-electron chi connectivity index (χ3n) is 2.74. The van der Waals surface area contributed by atoms with Gasteiger partial charge in [-0.2, -0.15) is 0 Å². The fourth-order valence-corrected chi connectivity index (χ4v) is 1.70. The molecule has 0 aliphatic heterocycles. The molecule has 19 heavy (non-hydrogen) atoms. The Bertz CT molecular complexity index is 470. The summed E-state index contributed by atoms with van der Waals surface area (Å²) in [5.41, 5.74) is 5.58. The Morgan fingerprint density at radius 3 is 2.47 bits per heavy atom. The molecule has 0 saturated heterocycles. The van der Waals surface area contributed by atoms with Gasteiger partial charge >= 0.3 is 5.97 Å². The molecule has 0 unspecified atom stereocenters. The molecule has 6 heteroatoms. The van der Waals surface area contributed by atoms with Crippen molar-refractivity contribution in [1.29, 1.82) is 0 Å². The van der Waals surface area contributed by atoms with Crippen molar-refractivity contribution in [1.82, 2.24) is 4.90 Å². The van der Waals surface area contributed by atoms with Crippen LogP contribution in [0.1, 0.15) is 24.2 Å². The third-order valence-corrected chi connectivity index (χ3v) is 2.74. The van der Waals surface area contributed by atoms with Crippen LogP contribution in [-0.2, 0) is 4.79 Å². The number of hydrogen-bond acceptors (Lipinski definition) is 4. The summed E-state index contributed by atoms with van der Waals surface area (Å²) in [4.78, 5) is 24.4. The minimum absolute atomic E-state index is 0.105. The summed E-state index contributed by atoms with van der Waals surface area (Å²) < 4.78 is 5.27. The van der Waals surface area contributed by atoms with E-state index in [1.807, 2.05) is 13.8 Å². The van der Waals surface area contributed by atoms with Crippen LogP contribution in [0.3, 0.4) is 0 Å². The van der Waals surface area contributed by atoms with E-state index in [9.17, 15) is 9.59 Å². The van der Waals surface area contributed by atoms with E-state index < -0.39 is 5.97 Å². The van der Waals surface area contributed by atoms with Crippen LogP contribution in [0.15, 0.2) is 18.2 Å². The predicted octanol–water partition coefficient (Wildman–Crippen LogP) is 1.21.